The van der Waals surface area contributed by atoms with Crippen LogP contribution in [0.15, 0.2) is 72.8 Å². The quantitative estimate of drug-likeness (QED) is 0.341. The third-order valence-corrected chi connectivity index (χ3v) is 6.45. The summed E-state index contributed by atoms with van der Waals surface area (Å²) in [7, 11) is 0. The fourth-order valence-electron chi connectivity index (χ4n) is 3.80. The minimum Gasteiger partial charge on any atom is -0.0582 e. The Labute approximate surface area is 210 Å². The minimum absolute atomic E-state index is 0.217. The van der Waals surface area contributed by atoms with Crippen LogP contribution in [0.4, 0.5) is 0 Å². The Hall–Kier alpha value is -2.34. The molecule has 0 unspecified atom stereocenters. The van der Waals surface area contributed by atoms with Crippen molar-refractivity contribution in [2.24, 2.45) is 0 Å². The van der Waals surface area contributed by atoms with Crippen molar-refractivity contribution in [2.45, 2.75) is 105 Å². The lowest BCUT2D eigenvalue weighted by atomic mass is 9.82. The van der Waals surface area contributed by atoms with Gasteiger partial charge in [-0.25, -0.2) is 0 Å². The molecule has 3 aromatic carbocycles. The average Bonchev–Trinajstić information content (AvgIpc) is 2.72. The molecule has 0 heteroatoms. The highest BCUT2D eigenvalue weighted by molar-refractivity contribution is 5.64. The molecule has 0 radical (unpaired) electrons. The topological polar surface area (TPSA) is 0 Å². The number of hydrogen-bond donors (Lipinski definition) is 0. The van der Waals surface area contributed by atoms with Gasteiger partial charge in [0.05, 0.1) is 0 Å². The molecule has 0 spiro atoms. The van der Waals surface area contributed by atoms with Crippen LogP contribution in [-0.2, 0) is 21.7 Å². The second kappa shape index (κ2) is 10.1. The molecule has 184 valence electrons. The van der Waals surface area contributed by atoms with E-state index >= 15 is 0 Å². The van der Waals surface area contributed by atoms with Crippen LogP contribution in [0, 0.1) is 0 Å². The zero-order valence-electron chi connectivity index (χ0n) is 23.9. The minimum atomic E-state index is 0.217. The number of rotatable bonds is 1. The molecule has 0 aliphatic heterocycles. The van der Waals surface area contributed by atoms with E-state index in [1.54, 1.807) is 0 Å². The molecule has 3 aromatic rings. The highest BCUT2D eigenvalue weighted by atomic mass is 14.2. The van der Waals surface area contributed by atoms with Crippen molar-refractivity contribution in [3.05, 3.63) is 95.1 Å². The first kappa shape index (κ1) is 27.9. The maximum atomic E-state index is 2.25. The first-order chi connectivity index (χ1) is 15.4. The van der Waals surface area contributed by atoms with Crippen LogP contribution in [-0.4, -0.2) is 0 Å². The fraction of sp³-hybridized carbons (Fsp3) is 0.471. The summed E-state index contributed by atoms with van der Waals surface area (Å²) < 4.78 is 0. The van der Waals surface area contributed by atoms with Gasteiger partial charge in [-0.1, -0.05) is 156 Å². The molecule has 0 aromatic heterocycles. The lowest BCUT2D eigenvalue weighted by molar-refractivity contribution is 0.577. The van der Waals surface area contributed by atoms with E-state index in [1.165, 1.54) is 33.4 Å². The molecule has 0 amide bonds. The molecule has 0 N–H and O–H groups in total. The summed E-state index contributed by atoms with van der Waals surface area (Å²) >= 11 is 0. The van der Waals surface area contributed by atoms with Crippen LogP contribution in [0.5, 0.6) is 0 Å². The molecule has 0 aliphatic rings. The lowest BCUT2D eigenvalue weighted by Crippen LogP contribution is -2.14. The standard InChI is InChI=1S/C20H26.C14H22/c1-19(2,3)17-11-7-15(8-12-17)16-9-13-18(14-10-16)20(4,5)6;1-13(2,3)11-7-9-12(10-8-11)14(4,5)6/h7-14H,1-6H3;7-10H,1-6H3. The Balaban J connectivity index is 0.000000257. The summed E-state index contributed by atoms with van der Waals surface area (Å²) in [6.07, 6.45) is 0. The van der Waals surface area contributed by atoms with Crippen LogP contribution >= 0.6 is 0 Å². The summed E-state index contributed by atoms with van der Waals surface area (Å²) in [5.41, 5.74) is 9.11. The van der Waals surface area contributed by atoms with Crippen molar-refractivity contribution in [1.82, 2.24) is 0 Å². The molecule has 0 aliphatic carbocycles. The number of hydrogen-bond acceptors (Lipinski definition) is 0. The average molecular weight is 457 g/mol. The van der Waals surface area contributed by atoms with Crippen molar-refractivity contribution < 1.29 is 0 Å². The summed E-state index contributed by atoms with van der Waals surface area (Å²) in [6, 6.07) is 26.9. The summed E-state index contributed by atoms with van der Waals surface area (Å²) in [5, 5.41) is 0. The van der Waals surface area contributed by atoms with Crippen LogP contribution in [0.1, 0.15) is 105 Å². The van der Waals surface area contributed by atoms with Crippen molar-refractivity contribution in [3.8, 4) is 11.1 Å². The molecule has 0 saturated heterocycles. The predicted molar refractivity (Wildman–Crippen MR) is 153 cm³/mol. The van der Waals surface area contributed by atoms with E-state index < -0.39 is 0 Å². The Morgan fingerprint density at radius 3 is 0.559 bits per heavy atom. The smallest absolute Gasteiger partial charge is 0.0132 e. The van der Waals surface area contributed by atoms with Gasteiger partial charge < -0.3 is 0 Å². The maximum Gasteiger partial charge on any atom is -0.0132 e. The van der Waals surface area contributed by atoms with E-state index in [0.29, 0.717) is 0 Å². The van der Waals surface area contributed by atoms with Gasteiger partial charge in [-0.3, -0.25) is 0 Å². The maximum absolute atomic E-state index is 2.25. The van der Waals surface area contributed by atoms with E-state index in [4.69, 9.17) is 0 Å². The van der Waals surface area contributed by atoms with Gasteiger partial charge in [0.25, 0.3) is 0 Å². The Kier molecular flexibility index (Phi) is 8.29. The normalized spacial score (nSPS) is 12.7. The van der Waals surface area contributed by atoms with Gasteiger partial charge in [-0.2, -0.15) is 0 Å². The molecule has 3 rings (SSSR count). The summed E-state index contributed by atoms with van der Waals surface area (Å²) in [5.74, 6) is 0. The molecule has 0 saturated carbocycles. The second-order valence-corrected chi connectivity index (χ2v) is 13.7. The summed E-state index contributed by atoms with van der Waals surface area (Å²) in [6.45, 7) is 27.0. The molecule has 0 fully saturated rings. The van der Waals surface area contributed by atoms with Crippen molar-refractivity contribution in [1.29, 1.82) is 0 Å². The van der Waals surface area contributed by atoms with Crippen molar-refractivity contribution >= 4 is 0 Å². The molecular weight excluding hydrogens is 408 g/mol. The van der Waals surface area contributed by atoms with E-state index in [9.17, 15) is 0 Å². The lowest BCUT2D eigenvalue weighted by Gasteiger charge is -2.23. The Morgan fingerprint density at radius 1 is 0.265 bits per heavy atom. The molecule has 0 bridgehead atoms. The summed E-state index contributed by atoms with van der Waals surface area (Å²) in [4.78, 5) is 0. The van der Waals surface area contributed by atoms with Gasteiger partial charge in [0.2, 0.25) is 0 Å². The molecular formula is C34H48. The third kappa shape index (κ3) is 7.86. The second-order valence-electron chi connectivity index (χ2n) is 13.7. The van der Waals surface area contributed by atoms with Crippen LogP contribution in [0.25, 0.3) is 11.1 Å². The molecule has 0 atom stereocenters. The van der Waals surface area contributed by atoms with E-state index in [1.807, 2.05) is 0 Å². The van der Waals surface area contributed by atoms with Crippen LogP contribution in [0.2, 0.25) is 0 Å². The highest BCUT2D eigenvalue weighted by Crippen LogP contribution is 2.29. The number of benzene rings is 3. The van der Waals surface area contributed by atoms with Crippen molar-refractivity contribution in [3.63, 3.8) is 0 Å². The SMILES string of the molecule is CC(C)(C)c1ccc(-c2ccc(C(C)(C)C)cc2)cc1.CC(C)(C)c1ccc(C(C)(C)C)cc1. The van der Waals surface area contributed by atoms with Crippen LogP contribution in [0.3, 0.4) is 0 Å². The monoisotopic (exact) mass is 456 g/mol. The molecule has 34 heavy (non-hydrogen) atoms. The van der Waals surface area contributed by atoms with Gasteiger partial charge >= 0.3 is 0 Å². The van der Waals surface area contributed by atoms with E-state index in [2.05, 4.69) is 156 Å². The zero-order valence-corrected chi connectivity index (χ0v) is 23.9. The Bertz CT molecular complexity index is 930. The van der Waals surface area contributed by atoms with Gasteiger partial charge in [-0.05, 0) is 55.0 Å². The first-order valence-electron chi connectivity index (χ1n) is 12.7. The van der Waals surface area contributed by atoms with Crippen LogP contribution < -0.4 is 0 Å². The highest BCUT2D eigenvalue weighted by Gasteiger charge is 2.17. The fourth-order valence-corrected chi connectivity index (χ4v) is 3.80. The van der Waals surface area contributed by atoms with E-state index in [-0.39, 0.29) is 21.7 Å². The van der Waals surface area contributed by atoms with Gasteiger partial charge in [0.1, 0.15) is 0 Å². The largest absolute Gasteiger partial charge is 0.0582 e. The van der Waals surface area contributed by atoms with Gasteiger partial charge in [-0.15, -0.1) is 0 Å². The first-order valence-corrected chi connectivity index (χ1v) is 12.7. The van der Waals surface area contributed by atoms with Crippen molar-refractivity contribution in [2.75, 3.05) is 0 Å². The van der Waals surface area contributed by atoms with Gasteiger partial charge in [0, 0.05) is 0 Å². The zero-order chi connectivity index (χ0) is 25.9. The van der Waals surface area contributed by atoms with Gasteiger partial charge in [0.15, 0.2) is 0 Å². The molecule has 0 nitrogen and oxygen atoms in total. The van der Waals surface area contributed by atoms with E-state index in [0.717, 1.165) is 0 Å². The molecule has 0 heterocycles. The predicted octanol–water partition coefficient (Wildman–Crippen LogP) is 10.2. The third-order valence-electron chi connectivity index (χ3n) is 6.45. The Morgan fingerprint density at radius 2 is 0.412 bits per heavy atom.